The number of benzene rings is 1. The molecule has 0 bridgehead atoms. The van der Waals surface area contributed by atoms with E-state index in [-0.39, 0.29) is 17.1 Å². The molecule has 1 aromatic heterocycles. The summed E-state index contributed by atoms with van der Waals surface area (Å²) in [5.41, 5.74) is 0.144. The fourth-order valence-corrected chi connectivity index (χ4v) is 1.74. The van der Waals surface area contributed by atoms with Gasteiger partial charge < -0.3 is 15.5 Å². The summed E-state index contributed by atoms with van der Waals surface area (Å²) < 4.78 is 0.641. The second-order valence-corrected chi connectivity index (χ2v) is 4.38. The molecule has 0 atom stereocenters. The van der Waals surface area contributed by atoms with Crippen molar-refractivity contribution in [3.05, 3.63) is 46.6 Å². The molecule has 18 heavy (non-hydrogen) atoms. The number of anilines is 1. The Morgan fingerprint density at radius 2 is 1.89 bits per heavy atom. The van der Waals surface area contributed by atoms with Crippen molar-refractivity contribution in [2.45, 2.75) is 0 Å². The Balaban J connectivity index is 2.25. The summed E-state index contributed by atoms with van der Waals surface area (Å²) in [6.45, 7) is 0. The molecule has 1 amide bonds. The molecule has 92 valence electrons. The van der Waals surface area contributed by atoms with E-state index >= 15 is 0 Å². The van der Waals surface area contributed by atoms with E-state index in [2.05, 4.69) is 26.2 Å². The van der Waals surface area contributed by atoms with Gasteiger partial charge in [-0.15, -0.1) is 0 Å². The van der Waals surface area contributed by atoms with Crippen molar-refractivity contribution in [3.8, 4) is 11.5 Å². The zero-order chi connectivity index (χ0) is 13.1. The third kappa shape index (κ3) is 2.78. The summed E-state index contributed by atoms with van der Waals surface area (Å²) in [4.78, 5) is 15.9. The number of pyridine rings is 1. The second-order valence-electron chi connectivity index (χ2n) is 3.53. The van der Waals surface area contributed by atoms with Crippen molar-refractivity contribution in [2.24, 2.45) is 0 Å². The number of halogens is 1. The average molecular weight is 309 g/mol. The summed E-state index contributed by atoms with van der Waals surface area (Å²) in [6.07, 6.45) is 1.54. The first kappa shape index (κ1) is 12.4. The van der Waals surface area contributed by atoms with Gasteiger partial charge in [0.1, 0.15) is 17.3 Å². The van der Waals surface area contributed by atoms with E-state index in [9.17, 15) is 15.0 Å². The van der Waals surface area contributed by atoms with E-state index in [1.807, 2.05) is 0 Å². The smallest absolute Gasteiger partial charge is 0.257 e. The number of nitrogens with one attached hydrogen (secondary N) is 1. The van der Waals surface area contributed by atoms with Crippen LogP contribution in [0.2, 0.25) is 0 Å². The Labute approximate surface area is 111 Å². The predicted molar refractivity (Wildman–Crippen MR) is 69.7 cm³/mol. The van der Waals surface area contributed by atoms with Crippen LogP contribution in [0.15, 0.2) is 41.0 Å². The van der Waals surface area contributed by atoms with Crippen LogP contribution in [-0.2, 0) is 0 Å². The van der Waals surface area contributed by atoms with E-state index in [1.165, 1.54) is 12.1 Å². The topological polar surface area (TPSA) is 82.5 Å². The SMILES string of the molecule is O=C(Nc1ncccc1Br)c1cc(O)cc(O)c1. The highest BCUT2D eigenvalue weighted by molar-refractivity contribution is 9.10. The van der Waals surface area contributed by atoms with Gasteiger partial charge in [0.2, 0.25) is 0 Å². The minimum absolute atomic E-state index is 0.144. The highest BCUT2D eigenvalue weighted by Crippen LogP contribution is 2.23. The number of carbonyl (C=O) groups excluding carboxylic acids is 1. The molecule has 0 aliphatic heterocycles. The fraction of sp³-hybridized carbons (Fsp3) is 0. The van der Waals surface area contributed by atoms with Gasteiger partial charge in [0.15, 0.2) is 0 Å². The number of aromatic hydroxyl groups is 2. The highest BCUT2D eigenvalue weighted by atomic mass is 79.9. The van der Waals surface area contributed by atoms with Crippen molar-refractivity contribution in [3.63, 3.8) is 0 Å². The van der Waals surface area contributed by atoms with Gasteiger partial charge in [-0.2, -0.15) is 0 Å². The van der Waals surface area contributed by atoms with Gasteiger partial charge in [-0.25, -0.2) is 4.98 Å². The molecule has 0 aliphatic carbocycles. The van der Waals surface area contributed by atoms with Crippen LogP contribution in [0.5, 0.6) is 11.5 Å². The van der Waals surface area contributed by atoms with Crippen molar-refractivity contribution >= 4 is 27.7 Å². The van der Waals surface area contributed by atoms with Crippen molar-refractivity contribution in [2.75, 3.05) is 5.32 Å². The maximum absolute atomic E-state index is 11.9. The van der Waals surface area contributed by atoms with Crippen LogP contribution in [0, 0.1) is 0 Å². The minimum atomic E-state index is -0.472. The maximum atomic E-state index is 11.9. The van der Waals surface area contributed by atoms with E-state index in [0.717, 1.165) is 6.07 Å². The number of rotatable bonds is 2. The molecule has 2 aromatic rings. The number of hydrogen-bond acceptors (Lipinski definition) is 4. The number of aromatic nitrogens is 1. The summed E-state index contributed by atoms with van der Waals surface area (Å²) >= 11 is 3.25. The lowest BCUT2D eigenvalue weighted by Crippen LogP contribution is -2.13. The fourth-order valence-electron chi connectivity index (χ4n) is 1.38. The van der Waals surface area contributed by atoms with Crippen LogP contribution < -0.4 is 5.32 Å². The molecule has 0 radical (unpaired) electrons. The molecule has 0 spiro atoms. The number of phenolic OH excluding ortho intramolecular Hbond substituents is 2. The molecule has 0 unspecified atom stereocenters. The Morgan fingerprint density at radius 3 is 2.50 bits per heavy atom. The Morgan fingerprint density at radius 1 is 1.22 bits per heavy atom. The average Bonchev–Trinajstić information content (AvgIpc) is 2.31. The maximum Gasteiger partial charge on any atom is 0.257 e. The lowest BCUT2D eigenvalue weighted by atomic mass is 10.2. The second kappa shape index (κ2) is 5.05. The summed E-state index contributed by atoms with van der Waals surface area (Å²) in [5, 5.41) is 21.2. The van der Waals surface area contributed by atoms with E-state index in [0.29, 0.717) is 10.3 Å². The minimum Gasteiger partial charge on any atom is -0.508 e. The van der Waals surface area contributed by atoms with Gasteiger partial charge in [0.05, 0.1) is 4.47 Å². The summed E-state index contributed by atoms with van der Waals surface area (Å²) in [6, 6.07) is 7.12. The normalized spacial score (nSPS) is 10.1. The van der Waals surface area contributed by atoms with Gasteiger partial charge in [0.25, 0.3) is 5.91 Å². The largest absolute Gasteiger partial charge is 0.508 e. The van der Waals surface area contributed by atoms with Crippen LogP contribution in [-0.4, -0.2) is 21.1 Å². The zero-order valence-electron chi connectivity index (χ0n) is 9.09. The third-order valence-corrected chi connectivity index (χ3v) is 2.80. The number of nitrogens with zero attached hydrogens (tertiary/aromatic N) is 1. The molecule has 1 heterocycles. The molecule has 0 fully saturated rings. The molecule has 5 nitrogen and oxygen atoms in total. The molecular formula is C12H9BrN2O3. The van der Waals surface area contributed by atoms with Gasteiger partial charge in [-0.3, -0.25) is 4.79 Å². The van der Waals surface area contributed by atoms with Crippen molar-refractivity contribution in [1.82, 2.24) is 4.98 Å². The van der Waals surface area contributed by atoms with Crippen LogP contribution in [0.3, 0.4) is 0 Å². The quantitative estimate of drug-likeness (QED) is 0.796. The number of hydrogen-bond donors (Lipinski definition) is 3. The Bertz CT molecular complexity index is 581. The lowest BCUT2D eigenvalue weighted by Gasteiger charge is -2.06. The van der Waals surface area contributed by atoms with Gasteiger partial charge in [0, 0.05) is 17.8 Å². The van der Waals surface area contributed by atoms with Gasteiger partial charge >= 0.3 is 0 Å². The first-order chi connectivity index (χ1) is 8.56. The van der Waals surface area contributed by atoms with E-state index in [1.54, 1.807) is 18.3 Å². The van der Waals surface area contributed by atoms with Crippen LogP contribution in [0.1, 0.15) is 10.4 Å². The molecule has 2 rings (SSSR count). The number of phenols is 2. The first-order valence-corrected chi connectivity index (χ1v) is 5.80. The van der Waals surface area contributed by atoms with Crippen LogP contribution in [0.25, 0.3) is 0 Å². The number of amides is 1. The van der Waals surface area contributed by atoms with Gasteiger partial charge in [-0.1, -0.05) is 0 Å². The first-order valence-electron chi connectivity index (χ1n) is 5.01. The highest BCUT2D eigenvalue weighted by Gasteiger charge is 2.11. The van der Waals surface area contributed by atoms with E-state index in [4.69, 9.17) is 0 Å². The van der Waals surface area contributed by atoms with Crippen LogP contribution >= 0.6 is 15.9 Å². The predicted octanol–water partition coefficient (Wildman–Crippen LogP) is 2.51. The van der Waals surface area contributed by atoms with E-state index < -0.39 is 5.91 Å². The van der Waals surface area contributed by atoms with Crippen molar-refractivity contribution < 1.29 is 15.0 Å². The zero-order valence-corrected chi connectivity index (χ0v) is 10.7. The molecule has 1 aromatic carbocycles. The monoisotopic (exact) mass is 308 g/mol. The molecule has 0 aliphatic rings. The van der Waals surface area contributed by atoms with Crippen LogP contribution in [0.4, 0.5) is 5.82 Å². The third-order valence-electron chi connectivity index (χ3n) is 2.16. The standard InChI is InChI=1S/C12H9BrN2O3/c13-10-2-1-3-14-11(10)15-12(18)7-4-8(16)6-9(17)5-7/h1-6,16-17H,(H,14,15,18). The molecule has 0 saturated heterocycles. The molecular weight excluding hydrogens is 300 g/mol. The molecule has 3 N–H and O–H groups in total. The lowest BCUT2D eigenvalue weighted by molar-refractivity contribution is 0.102. The van der Waals surface area contributed by atoms with Gasteiger partial charge in [-0.05, 0) is 40.2 Å². The molecule has 6 heteroatoms. The summed E-state index contributed by atoms with van der Waals surface area (Å²) in [7, 11) is 0. The van der Waals surface area contributed by atoms with Crippen molar-refractivity contribution in [1.29, 1.82) is 0 Å². The molecule has 0 saturated carbocycles. The number of carbonyl (C=O) groups is 1. The Kier molecular flexibility index (Phi) is 3.47. The Hall–Kier alpha value is -2.08. The summed E-state index contributed by atoms with van der Waals surface area (Å²) in [5.74, 6) is -0.466.